The Morgan fingerprint density at radius 3 is 2.88 bits per heavy atom. The van der Waals surface area contributed by atoms with Gasteiger partial charge in [0.05, 0.1) is 38.5 Å². The molecule has 2 aliphatic rings. The highest BCUT2D eigenvalue weighted by Crippen LogP contribution is 2.19. The number of hydrogen-bond donors (Lipinski definition) is 0. The molecule has 1 atom stereocenters. The third kappa shape index (κ3) is 4.64. The number of nitrogens with zero attached hydrogens (tertiary/aromatic N) is 3. The van der Waals surface area contributed by atoms with E-state index in [2.05, 4.69) is 9.97 Å². The van der Waals surface area contributed by atoms with Gasteiger partial charge in [0.2, 0.25) is 11.8 Å². The van der Waals surface area contributed by atoms with Gasteiger partial charge in [-0.1, -0.05) is 0 Å². The van der Waals surface area contributed by atoms with Gasteiger partial charge in [-0.3, -0.25) is 4.79 Å². The van der Waals surface area contributed by atoms with Crippen LogP contribution in [-0.4, -0.2) is 66.9 Å². The second-order valence-corrected chi connectivity index (χ2v) is 6.37. The summed E-state index contributed by atoms with van der Waals surface area (Å²) in [7, 11) is 1.55. The van der Waals surface area contributed by atoms with Crippen molar-refractivity contribution in [1.82, 2.24) is 14.9 Å². The molecule has 1 aromatic heterocycles. The van der Waals surface area contributed by atoms with Crippen LogP contribution in [0.15, 0.2) is 12.4 Å². The van der Waals surface area contributed by atoms with Gasteiger partial charge in [0.1, 0.15) is 6.33 Å². The van der Waals surface area contributed by atoms with Crippen molar-refractivity contribution in [2.24, 2.45) is 5.92 Å². The zero-order chi connectivity index (χ0) is 16.8. The molecular weight excluding hydrogens is 310 g/mol. The summed E-state index contributed by atoms with van der Waals surface area (Å²) >= 11 is 0. The van der Waals surface area contributed by atoms with Crippen LogP contribution >= 0.6 is 0 Å². The van der Waals surface area contributed by atoms with E-state index in [1.807, 2.05) is 4.90 Å². The molecule has 3 heterocycles. The monoisotopic (exact) mass is 335 g/mol. The molecule has 0 aromatic carbocycles. The standard InChI is InChI=1S/C17H25N3O4/c1-22-16-8-14(18-12-19-16)9-17(21)20-5-2-15(3-6-20)24-11-13-4-7-23-10-13/h8,12-13,15H,2-7,9-11H2,1H3. The maximum atomic E-state index is 12.4. The number of methoxy groups -OCH3 is 1. The molecular formula is C17H25N3O4. The third-order valence-electron chi connectivity index (χ3n) is 4.63. The maximum absolute atomic E-state index is 12.4. The summed E-state index contributed by atoms with van der Waals surface area (Å²) in [5.74, 6) is 1.12. The fourth-order valence-corrected chi connectivity index (χ4v) is 3.11. The van der Waals surface area contributed by atoms with Crippen molar-refractivity contribution in [3.63, 3.8) is 0 Å². The smallest absolute Gasteiger partial charge is 0.228 e. The molecule has 0 saturated carbocycles. The van der Waals surface area contributed by atoms with Gasteiger partial charge in [-0.2, -0.15) is 0 Å². The molecule has 2 aliphatic heterocycles. The lowest BCUT2D eigenvalue weighted by atomic mass is 10.1. The van der Waals surface area contributed by atoms with Crippen molar-refractivity contribution in [2.75, 3.05) is 40.0 Å². The van der Waals surface area contributed by atoms with E-state index < -0.39 is 0 Å². The molecule has 0 aliphatic carbocycles. The van der Waals surface area contributed by atoms with E-state index in [1.165, 1.54) is 6.33 Å². The first-order valence-corrected chi connectivity index (χ1v) is 8.56. The van der Waals surface area contributed by atoms with Gasteiger partial charge in [0.25, 0.3) is 0 Å². The van der Waals surface area contributed by atoms with Crippen LogP contribution in [0.2, 0.25) is 0 Å². The van der Waals surface area contributed by atoms with Crippen molar-refractivity contribution < 1.29 is 19.0 Å². The molecule has 7 nitrogen and oxygen atoms in total. The number of amides is 1. The number of carbonyl (C=O) groups excluding carboxylic acids is 1. The average molecular weight is 335 g/mol. The quantitative estimate of drug-likeness (QED) is 0.774. The van der Waals surface area contributed by atoms with E-state index in [9.17, 15) is 4.79 Å². The molecule has 3 rings (SSSR count). The topological polar surface area (TPSA) is 73.8 Å². The second kappa shape index (κ2) is 8.39. The summed E-state index contributed by atoms with van der Waals surface area (Å²) in [6, 6.07) is 1.71. The predicted octanol–water partition coefficient (Wildman–Crippen LogP) is 1.07. The van der Waals surface area contributed by atoms with Gasteiger partial charge in [0, 0.05) is 31.7 Å². The normalized spacial score (nSPS) is 21.9. The minimum atomic E-state index is 0.0957. The number of hydrogen-bond acceptors (Lipinski definition) is 6. The fourth-order valence-electron chi connectivity index (χ4n) is 3.11. The summed E-state index contributed by atoms with van der Waals surface area (Å²) < 4.78 is 16.4. The van der Waals surface area contributed by atoms with Crippen molar-refractivity contribution in [3.05, 3.63) is 18.1 Å². The Hall–Kier alpha value is -1.73. The summed E-state index contributed by atoms with van der Waals surface area (Å²) in [6.45, 7) is 3.94. The number of rotatable bonds is 6. The first kappa shape index (κ1) is 17.1. The molecule has 0 radical (unpaired) electrons. The average Bonchev–Trinajstić information content (AvgIpc) is 3.14. The van der Waals surface area contributed by atoms with Crippen LogP contribution < -0.4 is 4.74 Å². The zero-order valence-electron chi connectivity index (χ0n) is 14.1. The molecule has 24 heavy (non-hydrogen) atoms. The summed E-state index contributed by atoms with van der Waals surface area (Å²) in [6.07, 6.45) is 4.85. The van der Waals surface area contributed by atoms with Gasteiger partial charge in [-0.15, -0.1) is 0 Å². The van der Waals surface area contributed by atoms with Crippen molar-refractivity contribution in [1.29, 1.82) is 0 Å². The highest BCUT2D eigenvalue weighted by atomic mass is 16.5. The number of likely N-dealkylation sites (tertiary alicyclic amines) is 1. The maximum Gasteiger partial charge on any atom is 0.228 e. The molecule has 1 amide bonds. The van der Waals surface area contributed by atoms with E-state index in [0.29, 0.717) is 17.5 Å². The van der Waals surface area contributed by atoms with Gasteiger partial charge in [0.15, 0.2) is 0 Å². The van der Waals surface area contributed by atoms with Crippen LogP contribution in [-0.2, 0) is 20.7 Å². The van der Waals surface area contributed by atoms with Gasteiger partial charge in [-0.05, 0) is 19.3 Å². The van der Waals surface area contributed by atoms with Crippen LogP contribution in [0.25, 0.3) is 0 Å². The van der Waals surface area contributed by atoms with Gasteiger partial charge in [-0.25, -0.2) is 9.97 Å². The van der Waals surface area contributed by atoms with Crippen LogP contribution in [0.5, 0.6) is 5.88 Å². The van der Waals surface area contributed by atoms with E-state index in [0.717, 1.165) is 52.2 Å². The van der Waals surface area contributed by atoms with Crippen molar-refractivity contribution >= 4 is 5.91 Å². The molecule has 2 fully saturated rings. The summed E-state index contributed by atoms with van der Waals surface area (Å²) in [5, 5.41) is 0. The minimum Gasteiger partial charge on any atom is -0.481 e. The fraction of sp³-hybridized carbons (Fsp3) is 0.706. The molecule has 0 spiro atoms. The van der Waals surface area contributed by atoms with Gasteiger partial charge < -0.3 is 19.1 Å². The summed E-state index contributed by atoms with van der Waals surface area (Å²) in [5.41, 5.74) is 0.687. The minimum absolute atomic E-state index is 0.0957. The van der Waals surface area contributed by atoms with E-state index >= 15 is 0 Å². The number of carbonyl (C=O) groups is 1. The molecule has 2 saturated heterocycles. The second-order valence-electron chi connectivity index (χ2n) is 6.37. The van der Waals surface area contributed by atoms with Crippen LogP contribution in [0.3, 0.4) is 0 Å². The lowest BCUT2D eigenvalue weighted by Crippen LogP contribution is -2.42. The van der Waals surface area contributed by atoms with E-state index in [1.54, 1.807) is 13.2 Å². The lowest BCUT2D eigenvalue weighted by molar-refractivity contribution is -0.133. The first-order valence-electron chi connectivity index (χ1n) is 8.56. The highest BCUT2D eigenvalue weighted by molar-refractivity contribution is 5.78. The Morgan fingerprint density at radius 1 is 1.33 bits per heavy atom. The van der Waals surface area contributed by atoms with Crippen LogP contribution in [0.4, 0.5) is 0 Å². The first-order chi connectivity index (χ1) is 11.7. The third-order valence-corrected chi connectivity index (χ3v) is 4.63. The molecule has 1 unspecified atom stereocenters. The Labute approximate surface area is 142 Å². The van der Waals surface area contributed by atoms with E-state index in [4.69, 9.17) is 14.2 Å². The van der Waals surface area contributed by atoms with Crippen LogP contribution in [0, 0.1) is 5.92 Å². The Bertz CT molecular complexity index is 540. The Morgan fingerprint density at radius 2 is 2.17 bits per heavy atom. The zero-order valence-corrected chi connectivity index (χ0v) is 14.1. The molecule has 132 valence electrons. The molecule has 1 aromatic rings. The lowest BCUT2D eigenvalue weighted by Gasteiger charge is -2.32. The summed E-state index contributed by atoms with van der Waals surface area (Å²) in [4.78, 5) is 22.4. The number of ether oxygens (including phenoxy) is 3. The molecule has 7 heteroatoms. The van der Waals surface area contributed by atoms with E-state index in [-0.39, 0.29) is 18.4 Å². The highest BCUT2D eigenvalue weighted by Gasteiger charge is 2.25. The Balaban J connectivity index is 1.41. The largest absolute Gasteiger partial charge is 0.481 e. The Kier molecular flexibility index (Phi) is 5.98. The predicted molar refractivity (Wildman–Crippen MR) is 86.8 cm³/mol. The van der Waals surface area contributed by atoms with Crippen LogP contribution in [0.1, 0.15) is 25.0 Å². The number of piperidine rings is 1. The van der Waals surface area contributed by atoms with Gasteiger partial charge >= 0.3 is 0 Å². The van der Waals surface area contributed by atoms with Crippen molar-refractivity contribution in [3.8, 4) is 5.88 Å². The molecule has 0 bridgehead atoms. The van der Waals surface area contributed by atoms with Crippen molar-refractivity contribution in [2.45, 2.75) is 31.8 Å². The SMILES string of the molecule is COc1cc(CC(=O)N2CCC(OCC3CCOC3)CC2)ncn1. The molecule has 0 N–H and O–H groups in total. The number of aromatic nitrogens is 2.